The highest BCUT2D eigenvalue weighted by Gasteiger charge is 2.19. The van der Waals surface area contributed by atoms with Crippen LogP contribution >= 0.6 is 0 Å². The van der Waals surface area contributed by atoms with Gasteiger partial charge in [-0.3, -0.25) is 0 Å². The molecule has 4 rings (SSSR count). The van der Waals surface area contributed by atoms with Gasteiger partial charge in [0, 0.05) is 0 Å². The fourth-order valence-electron chi connectivity index (χ4n) is 5.19. The van der Waals surface area contributed by atoms with E-state index in [1.165, 1.54) is 98.4 Å². The summed E-state index contributed by atoms with van der Waals surface area (Å²) in [5.74, 6) is 0.719. The van der Waals surface area contributed by atoms with Crippen molar-refractivity contribution in [1.82, 2.24) is 0 Å². The highest BCUT2D eigenvalue weighted by Crippen LogP contribution is 2.37. The van der Waals surface area contributed by atoms with Crippen LogP contribution in [0.3, 0.4) is 0 Å². The third-order valence-electron chi connectivity index (χ3n) is 6.81. The molecule has 0 radical (unpaired) electrons. The molecule has 0 nitrogen and oxygen atoms in total. The fraction of sp³-hybridized carbons (Fsp3) is 0.500. The van der Waals surface area contributed by atoms with Gasteiger partial charge in [-0.1, -0.05) is 120 Å². The fourth-order valence-corrected chi connectivity index (χ4v) is 5.19. The van der Waals surface area contributed by atoms with Crippen LogP contribution in [-0.2, 0) is 0 Å². The van der Waals surface area contributed by atoms with Crippen LogP contribution in [0, 0.1) is 0 Å². The highest BCUT2D eigenvalue weighted by atomic mass is 14.2. The largest absolute Gasteiger partial charge is 0.0760 e. The van der Waals surface area contributed by atoms with Crippen LogP contribution in [0.2, 0.25) is 0 Å². The van der Waals surface area contributed by atoms with Crippen LogP contribution in [0.1, 0.15) is 95.5 Å². The van der Waals surface area contributed by atoms with E-state index in [1.54, 1.807) is 10.9 Å². The predicted octanol–water partition coefficient (Wildman–Crippen LogP) is 8.29. The van der Waals surface area contributed by atoms with Gasteiger partial charge >= 0.3 is 0 Å². The standard InChI is InChI=1S/C28H36/c1-2-3-4-5-6-7-8-9-10-11-13-22-16-17-25-19-18-23-14-12-15-24-20-21-26(22)28(25)27(23)24/h12,14-15,17-22H,2-11,13,16H2,1H3. The summed E-state index contributed by atoms with van der Waals surface area (Å²) in [6.07, 6.45) is 19.3. The van der Waals surface area contributed by atoms with E-state index in [2.05, 4.69) is 55.5 Å². The lowest BCUT2D eigenvalue weighted by atomic mass is 9.81. The zero-order valence-electron chi connectivity index (χ0n) is 17.7. The molecule has 0 spiro atoms. The van der Waals surface area contributed by atoms with Gasteiger partial charge in [0.05, 0.1) is 0 Å². The van der Waals surface area contributed by atoms with E-state index < -0.39 is 0 Å². The quantitative estimate of drug-likeness (QED) is 0.297. The summed E-state index contributed by atoms with van der Waals surface area (Å²) in [5.41, 5.74) is 1.61. The van der Waals surface area contributed by atoms with Crippen molar-refractivity contribution in [2.75, 3.05) is 0 Å². The van der Waals surface area contributed by atoms with Crippen molar-refractivity contribution in [3.8, 4) is 0 Å². The Hall–Kier alpha value is -1.82. The topological polar surface area (TPSA) is 0 Å². The van der Waals surface area contributed by atoms with E-state index in [0.29, 0.717) is 0 Å². The van der Waals surface area contributed by atoms with Crippen molar-refractivity contribution < 1.29 is 0 Å². The third kappa shape index (κ3) is 4.27. The van der Waals surface area contributed by atoms with E-state index in [1.807, 2.05) is 0 Å². The van der Waals surface area contributed by atoms with Gasteiger partial charge in [-0.2, -0.15) is 0 Å². The first kappa shape index (κ1) is 19.5. The smallest absolute Gasteiger partial charge is 0.00301 e. The SMILES string of the molecule is CCCCCCCCCCCCC1CC=c2ccc3cccc4ccc1c2c43. The zero-order chi connectivity index (χ0) is 19.2. The van der Waals surface area contributed by atoms with Crippen LogP contribution in [0.15, 0.2) is 42.5 Å². The van der Waals surface area contributed by atoms with Crippen molar-refractivity contribution in [3.05, 3.63) is 53.2 Å². The van der Waals surface area contributed by atoms with Crippen molar-refractivity contribution in [3.63, 3.8) is 0 Å². The number of benzene rings is 3. The van der Waals surface area contributed by atoms with Crippen molar-refractivity contribution >= 4 is 27.6 Å². The lowest BCUT2D eigenvalue weighted by Crippen LogP contribution is -2.14. The zero-order valence-corrected chi connectivity index (χ0v) is 17.7. The van der Waals surface area contributed by atoms with Gasteiger partial charge in [0.1, 0.15) is 0 Å². The second-order valence-corrected chi connectivity index (χ2v) is 8.87. The molecule has 0 amide bonds. The molecule has 0 fully saturated rings. The Labute approximate surface area is 171 Å². The average molecular weight is 373 g/mol. The van der Waals surface area contributed by atoms with Gasteiger partial charge < -0.3 is 0 Å². The van der Waals surface area contributed by atoms with E-state index in [4.69, 9.17) is 0 Å². The van der Waals surface area contributed by atoms with Crippen LogP contribution in [-0.4, -0.2) is 0 Å². The molecule has 1 unspecified atom stereocenters. The second kappa shape index (κ2) is 9.59. The van der Waals surface area contributed by atoms with Crippen LogP contribution in [0.25, 0.3) is 27.6 Å². The molecule has 0 aromatic heterocycles. The molecule has 148 valence electrons. The molecule has 0 aliphatic heterocycles. The maximum atomic E-state index is 2.50. The number of unbranched alkanes of at least 4 members (excludes halogenated alkanes) is 9. The molecule has 1 atom stereocenters. The first-order valence-corrected chi connectivity index (χ1v) is 11.8. The molecule has 1 aliphatic rings. The molecule has 0 saturated heterocycles. The van der Waals surface area contributed by atoms with Gasteiger partial charge in [0.2, 0.25) is 0 Å². The van der Waals surface area contributed by atoms with E-state index >= 15 is 0 Å². The maximum Gasteiger partial charge on any atom is -0.00301 e. The van der Waals surface area contributed by atoms with Gasteiger partial charge in [-0.15, -0.1) is 0 Å². The Balaban J connectivity index is 1.31. The molecular weight excluding hydrogens is 336 g/mol. The molecule has 0 saturated carbocycles. The lowest BCUT2D eigenvalue weighted by molar-refractivity contribution is 0.528. The molecule has 0 heterocycles. The Kier molecular flexibility index (Phi) is 6.68. The Morgan fingerprint density at radius 1 is 0.679 bits per heavy atom. The van der Waals surface area contributed by atoms with E-state index in [9.17, 15) is 0 Å². The Morgan fingerprint density at radius 2 is 1.32 bits per heavy atom. The summed E-state index contributed by atoms with van der Waals surface area (Å²) in [6, 6.07) is 16.1. The van der Waals surface area contributed by atoms with Crippen LogP contribution in [0.5, 0.6) is 0 Å². The number of hydrogen-bond donors (Lipinski definition) is 0. The van der Waals surface area contributed by atoms with Gasteiger partial charge in [0.25, 0.3) is 0 Å². The van der Waals surface area contributed by atoms with E-state index in [0.717, 1.165) is 5.92 Å². The van der Waals surface area contributed by atoms with Crippen LogP contribution < -0.4 is 5.22 Å². The first-order chi connectivity index (χ1) is 13.9. The minimum Gasteiger partial charge on any atom is -0.0760 e. The van der Waals surface area contributed by atoms with E-state index in [-0.39, 0.29) is 0 Å². The van der Waals surface area contributed by atoms with Gasteiger partial charge in [0.15, 0.2) is 0 Å². The molecule has 0 N–H and O–H groups in total. The molecule has 1 aliphatic carbocycles. The third-order valence-corrected chi connectivity index (χ3v) is 6.81. The maximum absolute atomic E-state index is 2.50. The first-order valence-electron chi connectivity index (χ1n) is 11.8. The second-order valence-electron chi connectivity index (χ2n) is 8.87. The molecule has 3 aromatic carbocycles. The average Bonchev–Trinajstić information content (AvgIpc) is 2.74. The predicted molar refractivity (Wildman–Crippen MR) is 125 cm³/mol. The summed E-state index contributed by atoms with van der Waals surface area (Å²) >= 11 is 0. The summed E-state index contributed by atoms with van der Waals surface area (Å²) in [7, 11) is 0. The number of rotatable bonds is 11. The molecule has 3 aromatic rings. The summed E-state index contributed by atoms with van der Waals surface area (Å²) in [6.45, 7) is 2.30. The molecular formula is C28H36. The number of hydrogen-bond acceptors (Lipinski definition) is 0. The molecule has 0 bridgehead atoms. The van der Waals surface area contributed by atoms with Crippen molar-refractivity contribution in [2.45, 2.75) is 89.9 Å². The van der Waals surface area contributed by atoms with Crippen molar-refractivity contribution in [1.29, 1.82) is 0 Å². The van der Waals surface area contributed by atoms with Crippen molar-refractivity contribution in [2.24, 2.45) is 0 Å². The molecule has 28 heavy (non-hydrogen) atoms. The normalized spacial score (nSPS) is 16.0. The summed E-state index contributed by atoms with van der Waals surface area (Å²) in [5, 5.41) is 7.27. The van der Waals surface area contributed by atoms with Gasteiger partial charge in [-0.05, 0) is 51.1 Å². The van der Waals surface area contributed by atoms with Crippen LogP contribution in [0.4, 0.5) is 0 Å². The lowest BCUT2D eigenvalue weighted by Gasteiger charge is -2.23. The Morgan fingerprint density at radius 3 is 2.04 bits per heavy atom. The Bertz CT molecular complexity index is 933. The monoisotopic (exact) mass is 372 g/mol. The minimum atomic E-state index is 0.719. The minimum absolute atomic E-state index is 0.719. The summed E-state index contributed by atoms with van der Waals surface area (Å²) in [4.78, 5) is 0. The van der Waals surface area contributed by atoms with Gasteiger partial charge in [-0.25, -0.2) is 0 Å². The highest BCUT2D eigenvalue weighted by molar-refractivity contribution is 6.11. The summed E-state index contributed by atoms with van der Waals surface area (Å²) < 4.78 is 0. The molecule has 0 heteroatoms.